The van der Waals surface area contributed by atoms with Gasteiger partial charge >= 0.3 is 0 Å². The number of aryl methyl sites for hydroxylation is 1. The third-order valence-electron chi connectivity index (χ3n) is 1.05. The van der Waals surface area contributed by atoms with Gasteiger partial charge in [0.1, 0.15) is 11.5 Å². The highest BCUT2D eigenvalue weighted by atomic mass is 79.9. The van der Waals surface area contributed by atoms with Crippen LogP contribution in [0, 0.1) is 6.92 Å². The molecule has 0 bridgehead atoms. The third kappa shape index (κ3) is 2.27. The minimum Gasteiger partial charge on any atom is -0.508 e. The van der Waals surface area contributed by atoms with Gasteiger partial charge in [0, 0.05) is 6.07 Å². The minimum atomic E-state index is 0. The normalized spacial score (nSPS) is 8.50. The summed E-state index contributed by atoms with van der Waals surface area (Å²) in [6.45, 7) is 1.80. The van der Waals surface area contributed by atoms with Crippen LogP contribution in [0.15, 0.2) is 18.2 Å². The predicted molar refractivity (Wildman–Crippen MR) is 44.8 cm³/mol. The van der Waals surface area contributed by atoms with E-state index in [1.807, 2.05) is 0 Å². The Bertz CT molecular complexity index is 172. The quantitative estimate of drug-likeness (QED) is 0.679. The molecule has 0 spiro atoms. The molecule has 0 heterocycles. The van der Waals surface area contributed by atoms with Crippen molar-refractivity contribution in [3.8, 4) is 11.5 Å². The lowest BCUT2D eigenvalue weighted by molar-refractivity contribution is 0.450. The van der Waals surface area contributed by atoms with Crippen molar-refractivity contribution in [3.63, 3.8) is 0 Å². The molecule has 0 radical (unpaired) electrons. The van der Waals surface area contributed by atoms with E-state index < -0.39 is 0 Å². The summed E-state index contributed by atoms with van der Waals surface area (Å²) in [6, 6.07) is 4.46. The van der Waals surface area contributed by atoms with E-state index in [0.717, 1.165) is 5.56 Å². The van der Waals surface area contributed by atoms with Crippen LogP contribution < -0.4 is 0 Å². The van der Waals surface area contributed by atoms with Crippen LogP contribution in [0.25, 0.3) is 0 Å². The van der Waals surface area contributed by atoms with Crippen molar-refractivity contribution in [2.24, 2.45) is 0 Å². The fourth-order valence-electron chi connectivity index (χ4n) is 0.743. The van der Waals surface area contributed by atoms with Crippen LogP contribution in [0.3, 0.4) is 0 Å². The van der Waals surface area contributed by atoms with Crippen molar-refractivity contribution in [3.05, 3.63) is 23.8 Å². The molecule has 2 nitrogen and oxygen atoms in total. The maximum atomic E-state index is 8.83. The second kappa shape index (κ2) is 3.46. The first-order valence-electron chi connectivity index (χ1n) is 2.68. The summed E-state index contributed by atoms with van der Waals surface area (Å²) in [5.41, 5.74) is 0.854. The number of halogens is 1. The first-order valence-corrected chi connectivity index (χ1v) is 2.68. The van der Waals surface area contributed by atoms with Gasteiger partial charge in [-0.1, -0.05) is 0 Å². The molecular weight excluding hydrogens is 196 g/mol. The molecule has 10 heavy (non-hydrogen) atoms. The molecule has 1 rings (SSSR count). The second-order valence-corrected chi connectivity index (χ2v) is 2.03. The molecule has 0 fully saturated rings. The van der Waals surface area contributed by atoms with Crippen LogP contribution in [0.2, 0.25) is 0 Å². The predicted octanol–water partition coefficient (Wildman–Crippen LogP) is 1.98. The first kappa shape index (κ1) is 9.30. The minimum absolute atomic E-state index is 0. The van der Waals surface area contributed by atoms with E-state index in [9.17, 15) is 0 Å². The molecule has 0 saturated carbocycles. The van der Waals surface area contributed by atoms with E-state index in [2.05, 4.69) is 0 Å². The highest BCUT2D eigenvalue weighted by Gasteiger charge is 1.91. The lowest BCUT2D eigenvalue weighted by Gasteiger charge is -1.94. The molecule has 0 aliphatic rings. The van der Waals surface area contributed by atoms with Gasteiger partial charge in [-0.05, 0) is 24.6 Å². The molecule has 2 N–H and O–H groups in total. The number of hydrogen-bond acceptors (Lipinski definition) is 2. The Kier molecular flexibility index (Phi) is 3.22. The average molecular weight is 205 g/mol. The molecule has 0 saturated heterocycles. The number of rotatable bonds is 0. The Morgan fingerprint density at radius 1 is 1.00 bits per heavy atom. The van der Waals surface area contributed by atoms with Crippen LogP contribution in [0.4, 0.5) is 0 Å². The Morgan fingerprint density at radius 2 is 1.40 bits per heavy atom. The Hall–Kier alpha value is -0.700. The molecule has 0 aromatic heterocycles. The van der Waals surface area contributed by atoms with Gasteiger partial charge in [0.15, 0.2) is 0 Å². The lowest BCUT2D eigenvalue weighted by atomic mass is 10.2. The number of benzene rings is 1. The molecule has 0 amide bonds. The molecule has 0 unspecified atom stereocenters. The zero-order valence-electron chi connectivity index (χ0n) is 5.53. The van der Waals surface area contributed by atoms with Crippen molar-refractivity contribution in [1.82, 2.24) is 0 Å². The maximum absolute atomic E-state index is 8.83. The van der Waals surface area contributed by atoms with Gasteiger partial charge in [-0.2, -0.15) is 0 Å². The van der Waals surface area contributed by atoms with Crippen LogP contribution in [-0.4, -0.2) is 10.2 Å². The molecule has 1 aromatic rings. The first-order chi connectivity index (χ1) is 4.18. The zero-order chi connectivity index (χ0) is 6.85. The molecule has 0 aliphatic carbocycles. The summed E-state index contributed by atoms with van der Waals surface area (Å²) in [6.07, 6.45) is 0. The van der Waals surface area contributed by atoms with Gasteiger partial charge in [-0.25, -0.2) is 0 Å². The second-order valence-electron chi connectivity index (χ2n) is 2.03. The topological polar surface area (TPSA) is 40.5 Å². The van der Waals surface area contributed by atoms with Gasteiger partial charge < -0.3 is 10.2 Å². The number of phenols is 2. The van der Waals surface area contributed by atoms with E-state index in [4.69, 9.17) is 10.2 Å². The molecular formula is C7H9BrO2. The third-order valence-corrected chi connectivity index (χ3v) is 1.05. The van der Waals surface area contributed by atoms with Gasteiger partial charge in [0.2, 0.25) is 0 Å². The summed E-state index contributed by atoms with van der Waals surface area (Å²) in [5, 5.41) is 17.7. The Morgan fingerprint density at radius 3 is 1.70 bits per heavy atom. The van der Waals surface area contributed by atoms with Crippen LogP contribution >= 0.6 is 17.0 Å². The number of aromatic hydroxyl groups is 2. The molecule has 1 aromatic carbocycles. The standard InChI is InChI=1S/C7H8O2.BrH/c1-5-2-6(8)4-7(9)3-5;/h2-4,8-9H,1H3;1H. The Balaban J connectivity index is 0.000000810. The van der Waals surface area contributed by atoms with Gasteiger partial charge in [-0.15, -0.1) is 17.0 Å². The average Bonchev–Trinajstić information content (AvgIpc) is 1.59. The van der Waals surface area contributed by atoms with Gasteiger partial charge in [0.25, 0.3) is 0 Å². The Labute approximate surface area is 69.9 Å². The van der Waals surface area contributed by atoms with Crippen molar-refractivity contribution in [1.29, 1.82) is 0 Å². The van der Waals surface area contributed by atoms with E-state index >= 15 is 0 Å². The number of phenolic OH excluding ortho intramolecular Hbond substituents is 2. The smallest absolute Gasteiger partial charge is 0.119 e. The SMILES string of the molecule is Br.Cc1cc(O)cc(O)c1. The molecule has 0 aliphatic heterocycles. The summed E-state index contributed by atoms with van der Waals surface area (Å²) >= 11 is 0. The van der Waals surface area contributed by atoms with Crippen LogP contribution in [0.1, 0.15) is 5.56 Å². The summed E-state index contributed by atoms with van der Waals surface area (Å²) < 4.78 is 0. The van der Waals surface area contributed by atoms with Crippen LogP contribution in [-0.2, 0) is 0 Å². The highest BCUT2D eigenvalue weighted by molar-refractivity contribution is 8.93. The number of hydrogen-bond donors (Lipinski definition) is 2. The van der Waals surface area contributed by atoms with Crippen LogP contribution in [0.5, 0.6) is 11.5 Å². The van der Waals surface area contributed by atoms with E-state index in [1.54, 1.807) is 19.1 Å². The van der Waals surface area contributed by atoms with Crippen molar-refractivity contribution >= 4 is 17.0 Å². The fourth-order valence-corrected chi connectivity index (χ4v) is 0.743. The fraction of sp³-hybridized carbons (Fsp3) is 0.143. The van der Waals surface area contributed by atoms with Crippen molar-refractivity contribution < 1.29 is 10.2 Å². The molecule has 56 valence electrons. The van der Waals surface area contributed by atoms with Crippen molar-refractivity contribution in [2.45, 2.75) is 6.92 Å². The summed E-state index contributed by atoms with van der Waals surface area (Å²) in [7, 11) is 0. The summed E-state index contributed by atoms with van der Waals surface area (Å²) in [4.78, 5) is 0. The highest BCUT2D eigenvalue weighted by Crippen LogP contribution is 2.18. The van der Waals surface area contributed by atoms with E-state index in [1.165, 1.54) is 6.07 Å². The molecule has 0 atom stereocenters. The lowest BCUT2D eigenvalue weighted by Crippen LogP contribution is -1.70. The van der Waals surface area contributed by atoms with Gasteiger partial charge in [0.05, 0.1) is 0 Å². The summed E-state index contributed by atoms with van der Waals surface area (Å²) in [5.74, 6) is 0.208. The maximum Gasteiger partial charge on any atom is 0.119 e. The monoisotopic (exact) mass is 204 g/mol. The zero-order valence-corrected chi connectivity index (χ0v) is 7.25. The van der Waals surface area contributed by atoms with E-state index in [0.29, 0.717) is 0 Å². The van der Waals surface area contributed by atoms with Gasteiger partial charge in [-0.3, -0.25) is 0 Å². The van der Waals surface area contributed by atoms with Crippen molar-refractivity contribution in [2.75, 3.05) is 0 Å². The largest absolute Gasteiger partial charge is 0.508 e. The molecule has 3 heteroatoms. The van der Waals surface area contributed by atoms with E-state index in [-0.39, 0.29) is 28.5 Å².